The summed E-state index contributed by atoms with van der Waals surface area (Å²) in [4.78, 5) is 17.6. The van der Waals surface area contributed by atoms with Crippen molar-refractivity contribution in [2.75, 3.05) is 19.8 Å². The maximum Gasteiger partial charge on any atom is 0.469 e. The molecule has 2 aromatic carbocycles. The van der Waals surface area contributed by atoms with Gasteiger partial charge in [0.15, 0.2) is 0 Å². The first-order valence-corrected chi connectivity index (χ1v) is 12.9. The van der Waals surface area contributed by atoms with Crippen molar-refractivity contribution in [1.82, 2.24) is 0 Å². The number of alkyl halides is 3. The van der Waals surface area contributed by atoms with E-state index in [0.29, 0.717) is 18.4 Å². The van der Waals surface area contributed by atoms with Gasteiger partial charge < -0.3 is 25.4 Å². The van der Waals surface area contributed by atoms with Gasteiger partial charge in [0.1, 0.15) is 5.75 Å². The van der Waals surface area contributed by atoms with Crippen molar-refractivity contribution >= 4 is 7.82 Å². The van der Waals surface area contributed by atoms with Gasteiger partial charge in [-0.2, -0.15) is 13.2 Å². The van der Waals surface area contributed by atoms with Crippen LogP contribution in [0.4, 0.5) is 13.2 Å². The molecule has 0 spiro atoms. The Labute approximate surface area is 202 Å². The third-order valence-corrected chi connectivity index (χ3v) is 6.59. The van der Waals surface area contributed by atoms with E-state index in [0.717, 1.165) is 30.9 Å². The monoisotopic (exact) mass is 517 g/mol. The van der Waals surface area contributed by atoms with E-state index in [1.165, 1.54) is 23.3 Å². The van der Waals surface area contributed by atoms with Gasteiger partial charge in [-0.25, -0.2) is 4.57 Å². The molecule has 0 radical (unpaired) electrons. The summed E-state index contributed by atoms with van der Waals surface area (Å²) in [6.07, 6.45) is -0.0431. The Morgan fingerprint density at radius 3 is 2.37 bits per heavy atom. The highest BCUT2D eigenvalue weighted by Gasteiger charge is 2.35. The SMILES string of the molecule is NC(CO)(CCc1ccc(OCCCc2ccc3c(c2)CCC3)c(C(F)(F)F)c1)COP(=O)(O)O. The predicted molar refractivity (Wildman–Crippen MR) is 124 cm³/mol. The first-order chi connectivity index (χ1) is 16.4. The van der Waals surface area contributed by atoms with Crippen LogP contribution in [0.25, 0.3) is 0 Å². The molecule has 0 saturated heterocycles. The minimum atomic E-state index is -4.80. The first-order valence-electron chi connectivity index (χ1n) is 11.4. The van der Waals surface area contributed by atoms with Crippen molar-refractivity contribution in [2.24, 2.45) is 5.73 Å². The number of phosphoric acid groups is 1. The molecule has 0 aromatic heterocycles. The number of hydrogen-bond donors (Lipinski definition) is 4. The Bertz CT molecular complexity index is 1060. The van der Waals surface area contributed by atoms with E-state index in [2.05, 4.69) is 22.7 Å². The fourth-order valence-electron chi connectivity index (χ4n) is 4.12. The number of hydrogen-bond acceptors (Lipinski definition) is 5. The summed E-state index contributed by atoms with van der Waals surface area (Å²) in [6.45, 7) is -1.18. The van der Waals surface area contributed by atoms with Gasteiger partial charge in [0.05, 0.1) is 30.9 Å². The van der Waals surface area contributed by atoms with Gasteiger partial charge in [0.25, 0.3) is 0 Å². The van der Waals surface area contributed by atoms with E-state index in [1.807, 2.05) is 0 Å². The molecule has 0 aliphatic heterocycles. The number of halogens is 3. The van der Waals surface area contributed by atoms with Crippen molar-refractivity contribution in [3.05, 3.63) is 64.2 Å². The zero-order valence-corrected chi connectivity index (χ0v) is 20.2. The molecule has 0 bridgehead atoms. The average Bonchev–Trinajstić information content (AvgIpc) is 3.26. The van der Waals surface area contributed by atoms with Crippen LogP contribution in [0.3, 0.4) is 0 Å². The number of aliphatic hydroxyl groups is 1. The van der Waals surface area contributed by atoms with Gasteiger partial charge in [-0.3, -0.25) is 4.52 Å². The molecule has 194 valence electrons. The van der Waals surface area contributed by atoms with Crippen LogP contribution in [-0.2, 0) is 40.9 Å². The van der Waals surface area contributed by atoms with Crippen LogP contribution in [-0.4, -0.2) is 40.3 Å². The number of phosphoric ester groups is 1. The number of nitrogens with two attached hydrogens (primary N) is 1. The Hall–Kier alpha value is -1.94. The molecule has 35 heavy (non-hydrogen) atoms. The highest BCUT2D eigenvalue weighted by atomic mass is 31.2. The maximum atomic E-state index is 13.7. The first kappa shape index (κ1) is 27.6. The Morgan fingerprint density at radius 1 is 1.00 bits per heavy atom. The third-order valence-electron chi connectivity index (χ3n) is 6.13. The average molecular weight is 517 g/mol. The summed E-state index contributed by atoms with van der Waals surface area (Å²) in [6, 6.07) is 10.1. The fraction of sp³-hybridized carbons (Fsp3) is 0.500. The topological polar surface area (TPSA) is 122 Å². The summed E-state index contributed by atoms with van der Waals surface area (Å²) < 4.78 is 61.7. The Balaban J connectivity index is 1.59. The molecule has 0 fully saturated rings. The lowest BCUT2D eigenvalue weighted by molar-refractivity contribution is -0.139. The normalized spacial score (nSPS) is 15.6. The zero-order chi connectivity index (χ0) is 25.7. The van der Waals surface area contributed by atoms with Crippen LogP contribution in [0, 0.1) is 0 Å². The van der Waals surface area contributed by atoms with Crippen molar-refractivity contribution in [3.8, 4) is 5.75 Å². The van der Waals surface area contributed by atoms with Gasteiger partial charge in [-0.1, -0.05) is 24.3 Å². The quantitative estimate of drug-likeness (QED) is 0.249. The standard InChI is InChI=1S/C24H31F3NO6P/c25-24(26,27)21-14-18(10-11-23(28,15-29)16-34-35(30,31)32)7-9-22(21)33-12-2-3-17-6-8-19-4-1-5-20(19)13-17/h6-9,13-14,29H,1-5,10-12,15-16,28H2,(H2,30,31,32). The maximum absolute atomic E-state index is 13.7. The highest BCUT2D eigenvalue weighted by Crippen LogP contribution is 2.38. The minimum absolute atomic E-state index is 0.0310. The van der Waals surface area contributed by atoms with Crippen LogP contribution < -0.4 is 10.5 Å². The summed E-state index contributed by atoms with van der Waals surface area (Å²) in [7, 11) is -4.80. The Morgan fingerprint density at radius 2 is 1.69 bits per heavy atom. The lowest BCUT2D eigenvalue weighted by Gasteiger charge is -2.27. The number of benzene rings is 2. The Kier molecular flexibility index (Phi) is 9.01. The minimum Gasteiger partial charge on any atom is -0.493 e. The van der Waals surface area contributed by atoms with E-state index in [1.54, 1.807) is 0 Å². The second kappa shape index (κ2) is 11.4. The largest absolute Gasteiger partial charge is 0.493 e. The van der Waals surface area contributed by atoms with E-state index >= 15 is 0 Å². The van der Waals surface area contributed by atoms with Crippen LogP contribution in [0.5, 0.6) is 5.75 Å². The van der Waals surface area contributed by atoms with Gasteiger partial charge in [-0.15, -0.1) is 0 Å². The number of ether oxygens (including phenoxy) is 1. The number of aryl methyl sites for hydroxylation is 4. The number of rotatable bonds is 12. The summed E-state index contributed by atoms with van der Waals surface area (Å²) >= 11 is 0. The molecule has 0 heterocycles. The molecule has 0 amide bonds. The van der Waals surface area contributed by atoms with Crippen molar-refractivity contribution in [3.63, 3.8) is 0 Å². The second-order valence-corrected chi connectivity index (χ2v) is 10.3. The zero-order valence-electron chi connectivity index (χ0n) is 19.3. The van der Waals surface area contributed by atoms with Gasteiger partial charge in [0.2, 0.25) is 0 Å². The van der Waals surface area contributed by atoms with Crippen LogP contribution >= 0.6 is 7.82 Å². The molecule has 1 atom stereocenters. The molecular formula is C24H31F3NO6P. The van der Waals surface area contributed by atoms with Crippen LogP contribution in [0.1, 0.15) is 47.1 Å². The number of fused-ring (bicyclic) bond motifs is 1. The molecular weight excluding hydrogens is 486 g/mol. The predicted octanol–water partition coefficient (Wildman–Crippen LogP) is 3.94. The summed E-state index contributed by atoms with van der Waals surface area (Å²) in [5.74, 6) is -0.263. The second-order valence-electron chi connectivity index (χ2n) is 9.02. The van der Waals surface area contributed by atoms with E-state index in [-0.39, 0.29) is 25.2 Å². The molecule has 1 aliphatic rings. The molecule has 0 saturated carbocycles. The van der Waals surface area contributed by atoms with E-state index < -0.39 is 38.3 Å². The molecule has 2 aromatic rings. The number of aliphatic hydroxyl groups excluding tert-OH is 1. The fourth-order valence-corrected chi connectivity index (χ4v) is 4.55. The van der Waals surface area contributed by atoms with Crippen molar-refractivity contribution in [2.45, 2.75) is 56.7 Å². The highest BCUT2D eigenvalue weighted by molar-refractivity contribution is 7.46. The van der Waals surface area contributed by atoms with Crippen molar-refractivity contribution < 1.29 is 41.9 Å². The van der Waals surface area contributed by atoms with Crippen LogP contribution in [0.15, 0.2) is 36.4 Å². The summed E-state index contributed by atoms with van der Waals surface area (Å²) in [5.41, 5.74) is 7.64. The molecule has 3 rings (SSSR count). The van der Waals surface area contributed by atoms with Gasteiger partial charge in [-0.05, 0) is 79.3 Å². The van der Waals surface area contributed by atoms with E-state index in [9.17, 15) is 22.8 Å². The molecule has 7 nitrogen and oxygen atoms in total. The van der Waals surface area contributed by atoms with Gasteiger partial charge >= 0.3 is 14.0 Å². The van der Waals surface area contributed by atoms with Gasteiger partial charge in [0, 0.05) is 0 Å². The molecule has 1 unspecified atom stereocenters. The molecule has 11 heteroatoms. The van der Waals surface area contributed by atoms with E-state index in [4.69, 9.17) is 20.3 Å². The van der Waals surface area contributed by atoms with Crippen LogP contribution in [0.2, 0.25) is 0 Å². The van der Waals surface area contributed by atoms with Crippen molar-refractivity contribution in [1.29, 1.82) is 0 Å². The smallest absolute Gasteiger partial charge is 0.469 e. The lowest BCUT2D eigenvalue weighted by atomic mass is 9.93. The molecule has 5 N–H and O–H groups in total. The third kappa shape index (κ3) is 8.31. The summed E-state index contributed by atoms with van der Waals surface area (Å²) in [5, 5.41) is 9.48. The lowest BCUT2D eigenvalue weighted by Crippen LogP contribution is -2.48. The molecule has 1 aliphatic carbocycles.